The second-order valence-corrected chi connectivity index (χ2v) is 14.0. The van der Waals surface area contributed by atoms with E-state index in [2.05, 4.69) is 37.3 Å². The second-order valence-electron chi connectivity index (χ2n) is 14.0. The second kappa shape index (κ2) is 18.3. The molecule has 18 heteroatoms. The van der Waals surface area contributed by atoms with Crippen molar-refractivity contribution in [2.45, 2.75) is 101 Å². The largest absolute Gasteiger partial charge is 0.481 e. The number of alkyl carbamates (subject to hydrolysis) is 1. The topological polar surface area (TPSA) is 275 Å². The Balaban J connectivity index is 1.30. The van der Waals surface area contributed by atoms with Gasteiger partial charge < -0.3 is 56.8 Å². The number of epoxide rings is 2. The average Bonchev–Trinajstić information content (AvgIpc) is 4.03. The summed E-state index contributed by atoms with van der Waals surface area (Å²) in [6.45, 7) is 5.84. The minimum atomic E-state index is -1.14. The number of carboxylic acid groups (broad SMARTS) is 1. The number of aliphatic imine (C=N–C) groups is 1. The summed E-state index contributed by atoms with van der Waals surface area (Å²) in [6.07, 6.45) is 4.98. The highest BCUT2D eigenvalue weighted by molar-refractivity contribution is 5.91. The molecule has 292 valence electrons. The van der Waals surface area contributed by atoms with E-state index in [1.807, 2.05) is 20.8 Å². The Morgan fingerprint density at radius 3 is 2.49 bits per heavy atom. The lowest BCUT2D eigenvalue weighted by atomic mass is 9.68. The summed E-state index contributed by atoms with van der Waals surface area (Å²) >= 11 is 0. The number of nitrogens with zero attached hydrogens (tertiary/aromatic N) is 2. The van der Waals surface area contributed by atoms with Crippen LogP contribution in [0.3, 0.4) is 0 Å². The van der Waals surface area contributed by atoms with Gasteiger partial charge in [0.05, 0.1) is 37.6 Å². The number of aliphatic carboxylic acids is 1. The molecule has 53 heavy (non-hydrogen) atoms. The fraction of sp³-hybridized carbons (Fsp3) is 0.629. The Labute approximate surface area is 308 Å². The van der Waals surface area contributed by atoms with Crippen LogP contribution in [0.15, 0.2) is 41.2 Å². The monoisotopic (exact) mass is 744 g/mol. The van der Waals surface area contributed by atoms with Crippen molar-refractivity contribution in [3.05, 3.63) is 41.7 Å². The summed E-state index contributed by atoms with van der Waals surface area (Å²) in [7, 11) is 1.56. The molecular formula is C35H52N8O10. The molecule has 4 rings (SSSR count). The lowest BCUT2D eigenvalue weighted by molar-refractivity contribution is -0.138. The van der Waals surface area contributed by atoms with Gasteiger partial charge in [-0.25, -0.2) is 4.79 Å². The van der Waals surface area contributed by atoms with E-state index < -0.39 is 84.8 Å². The normalized spacial score (nSPS) is 26.6. The van der Waals surface area contributed by atoms with Gasteiger partial charge in [0.1, 0.15) is 36.0 Å². The summed E-state index contributed by atoms with van der Waals surface area (Å²) in [5.41, 5.74) is 11.5. The Morgan fingerprint density at radius 2 is 1.87 bits per heavy atom. The fourth-order valence-electron chi connectivity index (χ4n) is 6.96. The van der Waals surface area contributed by atoms with Crippen LogP contribution in [0.5, 0.6) is 0 Å². The van der Waals surface area contributed by atoms with Crippen molar-refractivity contribution < 1.29 is 48.0 Å². The van der Waals surface area contributed by atoms with Gasteiger partial charge in [-0.2, -0.15) is 0 Å². The van der Waals surface area contributed by atoms with Crippen LogP contribution in [0.2, 0.25) is 0 Å². The number of nitrogens with one attached hydrogen (secondary N) is 4. The Hall–Kier alpha value is -4.81. The first-order chi connectivity index (χ1) is 25.2. The van der Waals surface area contributed by atoms with Gasteiger partial charge in [0, 0.05) is 26.0 Å². The van der Waals surface area contributed by atoms with Crippen LogP contribution in [0, 0.1) is 5.92 Å². The van der Waals surface area contributed by atoms with Crippen molar-refractivity contribution >= 4 is 35.7 Å². The molecule has 9 N–H and O–H groups in total. The number of methoxy groups -OCH3 is 1. The Kier molecular flexibility index (Phi) is 14.1. The molecule has 2 aliphatic heterocycles. The highest BCUT2D eigenvalue weighted by atomic mass is 16.6. The first-order valence-electron chi connectivity index (χ1n) is 17.6. The number of pyridine rings is 1. The van der Waals surface area contributed by atoms with Crippen LogP contribution in [-0.2, 0) is 38.1 Å². The van der Waals surface area contributed by atoms with E-state index in [0.29, 0.717) is 31.4 Å². The zero-order valence-electron chi connectivity index (χ0n) is 30.6. The Morgan fingerprint density at radius 1 is 1.15 bits per heavy atom. The van der Waals surface area contributed by atoms with E-state index in [4.69, 9.17) is 30.4 Å². The van der Waals surface area contributed by atoms with Crippen LogP contribution >= 0.6 is 0 Å². The van der Waals surface area contributed by atoms with Crippen LogP contribution in [0.25, 0.3) is 0 Å². The third-order valence-corrected chi connectivity index (χ3v) is 9.71. The molecule has 0 aromatic carbocycles. The number of guanidine groups is 1. The standard InChI is InChI=1S/C35H52N8O10/c1-20(2)9-10-25-34(3,53-25)30-29(50-4)24(11-12-35(30)19-51-35)52-33(49)41-18-27(45)42-22(8-6-14-39-32(36)37)31(48)40-17-26(44)43-23(15-28(46)47)21-7-5-13-38-16-21/h5,7,9,13,16,22-25,29-30H,6,8,10-12,14-15,17-19H2,1-4H3,(H,40,48)(H,41,49)(H,42,45)(H,43,44)(H,46,47)(H4,36,37,39)/t22-,23?,24+,25?,29+,30+,34?,35?/m0/s1. The number of amides is 4. The van der Waals surface area contributed by atoms with Gasteiger partial charge in [-0.05, 0) is 64.5 Å². The summed E-state index contributed by atoms with van der Waals surface area (Å²) < 4.78 is 23.9. The van der Waals surface area contributed by atoms with E-state index in [-0.39, 0.29) is 30.9 Å². The predicted molar refractivity (Wildman–Crippen MR) is 190 cm³/mol. The van der Waals surface area contributed by atoms with Crippen molar-refractivity contribution in [3.63, 3.8) is 0 Å². The molecule has 1 aromatic rings. The first-order valence-corrected chi connectivity index (χ1v) is 17.6. The number of ether oxygens (including phenoxy) is 4. The maximum Gasteiger partial charge on any atom is 0.407 e. The third-order valence-electron chi connectivity index (χ3n) is 9.71. The summed E-state index contributed by atoms with van der Waals surface area (Å²) in [5, 5.41) is 19.4. The molecule has 0 bridgehead atoms. The quantitative estimate of drug-likeness (QED) is 0.0328. The number of carbonyl (C=O) groups excluding carboxylic acids is 4. The van der Waals surface area contributed by atoms with Crippen LogP contribution in [0.4, 0.5) is 4.79 Å². The molecule has 1 aliphatic carbocycles. The Bertz CT molecular complexity index is 1530. The molecule has 1 spiro atoms. The number of allylic oxidation sites excluding steroid dienone is 1. The lowest BCUT2D eigenvalue weighted by Gasteiger charge is -2.42. The van der Waals surface area contributed by atoms with Crippen molar-refractivity contribution in [2.24, 2.45) is 22.4 Å². The zero-order valence-corrected chi connectivity index (χ0v) is 30.6. The van der Waals surface area contributed by atoms with E-state index >= 15 is 0 Å². The number of hydrogen-bond acceptors (Lipinski definition) is 11. The van der Waals surface area contributed by atoms with E-state index in [1.54, 1.807) is 19.2 Å². The third kappa shape index (κ3) is 11.6. The molecule has 18 nitrogen and oxygen atoms in total. The molecule has 4 unspecified atom stereocenters. The van der Waals surface area contributed by atoms with Crippen LogP contribution < -0.4 is 32.7 Å². The van der Waals surface area contributed by atoms with E-state index in [9.17, 15) is 29.1 Å². The highest BCUT2D eigenvalue weighted by Crippen LogP contribution is 2.59. The number of carbonyl (C=O) groups is 5. The van der Waals surface area contributed by atoms with Gasteiger partial charge in [-0.15, -0.1) is 0 Å². The van der Waals surface area contributed by atoms with Gasteiger partial charge in [0.2, 0.25) is 17.7 Å². The maximum absolute atomic E-state index is 13.1. The molecular weight excluding hydrogens is 692 g/mol. The summed E-state index contributed by atoms with van der Waals surface area (Å²) in [4.78, 5) is 71.0. The minimum absolute atomic E-state index is 0.0166. The minimum Gasteiger partial charge on any atom is -0.481 e. The van der Waals surface area contributed by atoms with Crippen molar-refractivity contribution in [2.75, 3.05) is 33.4 Å². The average molecular weight is 745 g/mol. The molecule has 8 atom stereocenters. The fourth-order valence-corrected chi connectivity index (χ4v) is 6.96. The van der Waals surface area contributed by atoms with Crippen molar-refractivity contribution in [1.29, 1.82) is 0 Å². The summed E-state index contributed by atoms with van der Waals surface area (Å²) in [5.74, 6) is -3.50. The lowest BCUT2D eigenvalue weighted by Crippen LogP contribution is -2.56. The van der Waals surface area contributed by atoms with Crippen LogP contribution in [-0.4, -0.2) is 115 Å². The molecule has 1 aromatic heterocycles. The zero-order chi connectivity index (χ0) is 38.8. The molecule has 3 heterocycles. The van der Waals surface area contributed by atoms with Crippen molar-refractivity contribution in [3.8, 4) is 0 Å². The number of rotatable bonds is 19. The smallest absolute Gasteiger partial charge is 0.407 e. The number of nitrogens with two attached hydrogens (primary N) is 2. The summed E-state index contributed by atoms with van der Waals surface area (Å²) in [6, 6.07) is 1.22. The maximum atomic E-state index is 13.1. The number of aromatic nitrogens is 1. The van der Waals surface area contributed by atoms with Gasteiger partial charge in [0.25, 0.3) is 0 Å². The van der Waals surface area contributed by atoms with Gasteiger partial charge in [-0.1, -0.05) is 17.7 Å². The van der Waals surface area contributed by atoms with E-state index in [0.717, 1.165) is 6.42 Å². The van der Waals surface area contributed by atoms with Crippen LogP contribution in [0.1, 0.15) is 70.9 Å². The van der Waals surface area contributed by atoms with Gasteiger partial charge in [0.15, 0.2) is 5.96 Å². The first kappa shape index (κ1) is 41.0. The number of carboxylic acids is 1. The van der Waals surface area contributed by atoms with E-state index in [1.165, 1.54) is 18.0 Å². The van der Waals surface area contributed by atoms with Crippen molar-refractivity contribution in [1.82, 2.24) is 26.3 Å². The SMILES string of the molecule is CO[C@@H]1[C@H](OC(=O)NCC(=O)N[C@@H](CCCN=C(N)N)C(=O)NCC(=O)NC(CC(=O)O)c2cccnc2)CCC2(CO2)[C@H]1C1(C)OC1CC=C(C)C. The van der Waals surface area contributed by atoms with Gasteiger partial charge >= 0.3 is 12.1 Å². The molecule has 3 aliphatic rings. The molecule has 3 fully saturated rings. The predicted octanol–water partition coefficient (Wildman–Crippen LogP) is 0.171. The number of hydrogen-bond donors (Lipinski definition) is 7. The molecule has 2 saturated heterocycles. The highest BCUT2D eigenvalue weighted by Gasteiger charge is 2.72. The molecule has 1 saturated carbocycles. The molecule has 4 amide bonds. The molecule has 0 radical (unpaired) electrons. The van der Waals surface area contributed by atoms with Gasteiger partial charge in [-0.3, -0.25) is 29.2 Å².